The van der Waals surface area contributed by atoms with Gasteiger partial charge in [-0.1, -0.05) is 23.1 Å². The molecular weight excluding hydrogens is 374 g/mol. The van der Waals surface area contributed by atoms with Crippen molar-refractivity contribution in [3.63, 3.8) is 0 Å². The summed E-state index contributed by atoms with van der Waals surface area (Å²) in [5.41, 5.74) is 0. The highest BCUT2D eigenvalue weighted by molar-refractivity contribution is 8.01. The molecule has 0 spiro atoms. The van der Waals surface area contributed by atoms with Crippen molar-refractivity contribution in [2.24, 2.45) is 0 Å². The molecule has 1 aromatic rings. The van der Waals surface area contributed by atoms with Crippen LogP contribution in [0.5, 0.6) is 0 Å². The van der Waals surface area contributed by atoms with Crippen molar-refractivity contribution in [2.45, 2.75) is 35.7 Å². The first-order valence-corrected chi connectivity index (χ1v) is 11.1. The lowest BCUT2D eigenvalue weighted by atomic mass is 10.3. The molecule has 24 heavy (non-hydrogen) atoms. The number of rotatable bonds is 6. The summed E-state index contributed by atoms with van der Waals surface area (Å²) in [6, 6.07) is -0.618. The van der Waals surface area contributed by atoms with Gasteiger partial charge in [-0.05, 0) is 19.3 Å². The van der Waals surface area contributed by atoms with Gasteiger partial charge in [-0.15, -0.1) is 10.2 Å². The van der Waals surface area contributed by atoms with Crippen LogP contribution in [-0.2, 0) is 14.6 Å². The van der Waals surface area contributed by atoms with E-state index in [1.54, 1.807) is 0 Å². The Kier molecular flexibility index (Phi) is 5.25. The highest BCUT2D eigenvalue weighted by atomic mass is 32.2. The fraction of sp³-hybridized carbons (Fsp3) is 0.667. The number of aromatic nitrogens is 2. The van der Waals surface area contributed by atoms with Crippen LogP contribution in [0.2, 0.25) is 0 Å². The number of nitrogens with one attached hydrogen (secondary N) is 3. The largest absolute Gasteiger partial charge is 0.357 e. The number of imide groups is 1. The number of amides is 3. The number of anilines is 1. The van der Waals surface area contributed by atoms with Gasteiger partial charge in [0, 0.05) is 12.1 Å². The zero-order valence-electron chi connectivity index (χ0n) is 12.6. The lowest BCUT2D eigenvalue weighted by Crippen LogP contribution is -2.45. The summed E-state index contributed by atoms with van der Waals surface area (Å²) in [5.74, 6) is -0.444. The minimum absolute atomic E-state index is 0.0362. The molecule has 2 aliphatic rings. The highest BCUT2D eigenvalue weighted by Crippen LogP contribution is 2.29. The van der Waals surface area contributed by atoms with Gasteiger partial charge in [0.05, 0.1) is 17.3 Å². The highest BCUT2D eigenvalue weighted by Gasteiger charge is 2.29. The molecule has 3 amide bonds. The van der Waals surface area contributed by atoms with E-state index in [4.69, 9.17) is 0 Å². The zero-order valence-corrected chi connectivity index (χ0v) is 15.1. The van der Waals surface area contributed by atoms with Crippen LogP contribution in [0.25, 0.3) is 0 Å². The second kappa shape index (κ2) is 7.23. The van der Waals surface area contributed by atoms with Crippen molar-refractivity contribution in [2.75, 3.05) is 22.6 Å². The lowest BCUT2D eigenvalue weighted by Gasteiger charge is -2.10. The summed E-state index contributed by atoms with van der Waals surface area (Å²) in [5, 5.41) is 16.6. The van der Waals surface area contributed by atoms with E-state index in [1.807, 2.05) is 0 Å². The van der Waals surface area contributed by atoms with Gasteiger partial charge >= 0.3 is 6.03 Å². The number of urea groups is 1. The third kappa shape index (κ3) is 5.31. The topological polar surface area (TPSA) is 130 Å². The molecule has 12 heteroatoms. The summed E-state index contributed by atoms with van der Waals surface area (Å²) in [6.07, 6.45) is 2.66. The first-order valence-electron chi connectivity index (χ1n) is 7.43. The molecular formula is C12H17N5O4S3. The van der Waals surface area contributed by atoms with Crippen LogP contribution in [0.15, 0.2) is 4.34 Å². The molecule has 1 unspecified atom stereocenters. The van der Waals surface area contributed by atoms with Crippen molar-refractivity contribution >= 4 is 50.0 Å². The predicted octanol–water partition coefficient (Wildman–Crippen LogP) is 0.217. The summed E-state index contributed by atoms with van der Waals surface area (Å²) in [6.45, 7) is 0. The van der Waals surface area contributed by atoms with Gasteiger partial charge in [0.15, 0.2) is 14.2 Å². The average molecular weight is 392 g/mol. The van der Waals surface area contributed by atoms with E-state index in [1.165, 1.54) is 23.1 Å². The predicted molar refractivity (Wildman–Crippen MR) is 91.0 cm³/mol. The lowest BCUT2D eigenvalue weighted by molar-refractivity contribution is -0.117. The van der Waals surface area contributed by atoms with E-state index in [9.17, 15) is 18.0 Å². The Morgan fingerprint density at radius 3 is 2.67 bits per heavy atom. The Labute approximate surface area is 147 Å². The Bertz CT molecular complexity index is 731. The van der Waals surface area contributed by atoms with Gasteiger partial charge in [0.25, 0.3) is 0 Å². The Hall–Kier alpha value is -1.40. The fourth-order valence-electron chi connectivity index (χ4n) is 2.15. The molecule has 3 rings (SSSR count). The van der Waals surface area contributed by atoms with E-state index in [-0.39, 0.29) is 17.3 Å². The van der Waals surface area contributed by atoms with Crippen molar-refractivity contribution < 1.29 is 18.0 Å². The van der Waals surface area contributed by atoms with Crippen molar-refractivity contribution in [1.82, 2.24) is 20.8 Å². The molecule has 1 aliphatic carbocycles. The summed E-state index contributed by atoms with van der Waals surface area (Å²) < 4.78 is 23.3. The van der Waals surface area contributed by atoms with Gasteiger partial charge in [-0.2, -0.15) is 0 Å². The second-order valence-corrected chi connectivity index (χ2v) is 10.1. The molecule has 2 fully saturated rings. The van der Waals surface area contributed by atoms with E-state index < -0.39 is 27.8 Å². The smallest absolute Gasteiger partial charge is 0.321 e. The molecule has 0 bridgehead atoms. The van der Waals surface area contributed by atoms with Crippen LogP contribution in [-0.4, -0.2) is 59.9 Å². The normalized spacial score (nSPS) is 22.1. The minimum Gasteiger partial charge on any atom is -0.357 e. The van der Waals surface area contributed by atoms with E-state index in [0.29, 0.717) is 16.8 Å². The van der Waals surface area contributed by atoms with Crippen LogP contribution < -0.4 is 16.0 Å². The zero-order chi connectivity index (χ0) is 17.2. The van der Waals surface area contributed by atoms with E-state index in [0.717, 1.165) is 18.0 Å². The number of hydrogen-bond donors (Lipinski definition) is 3. The molecule has 1 atom stereocenters. The molecule has 1 saturated heterocycles. The summed E-state index contributed by atoms with van der Waals surface area (Å²) in [7, 11) is -3.07. The maximum Gasteiger partial charge on any atom is 0.321 e. The first-order chi connectivity index (χ1) is 11.4. The SMILES string of the molecule is O=C(CSc1nnc(NC2CC2)s1)NC(=O)NC1CCS(=O)(=O)C1. The van der Waals surface area contributed by atoms with Gasteiger partial charge < -0.3 is 10.6 Å². The van der Waals surface area contributed by atoms with Gasteiger partial charge in [0.2, 0.25) is 11.0 Å². The Morgan fingerprint density at radius 2 is 2.00 bits per heavy atom. The molecule has 2 heterocycles. The van der Waals surface area contributed by atoms with Crippen molar-refractivity contribution in [3.05, 3.63) is 0 Å². The van der Waals surface area contributed by atoms with Gasteiger partial charge in [-0.25, -0.2) is 13.2 Å². The number of carbonyl (C=O) groups excluding carboxylic acids is 2. The number of carbonyl (C=O) groups is 2. The molecule has 1 saturated carbocycles. The van der Waals surface area contributed by atoms with Crippen LogP contribution in [0.1, 0.15) is 19.3 Å². The molecule has 9 nitrogen and oxygen atoms in total. The minimum atomic E-state index is -3.07. The standard InChI is InChI=1S/C12H17N5O4S3/c18-9(15-10(19)13-8-3-4-24(20,21)6-8)5-22-12-17-16-11(23-12)14-7-1-2-7/h7-8H,1-6H2,(H,14,16)(H2,13,15,18,19). The molecule has 1 aliphatic heterocycles. The summed E-state index contributed by atoms with van der Waals surface area (Å²) >= 11 is 2.57. The number of nitrogens with zero attached hydrogens (tertiary/aromatic N) is 2. The third-order valence-corrected chi connectivity index (χ3v) is 7.21. The maximum atomic E-state index is 11.8. The second-order valence-electron chi connectivity index (χ2n) is 5.70. The van der Waals surface area contributed by atoms with Crippen LogP contribution in [0.3, 0.4) is 0 Å². The Morgan fingerprint density at radius 1 is 1.21 bits per heavy atom. The molecule has 0 radical (unpaired) electrons. The third-order valence-electron chi connectivity index (χ3n) is 3.46. The van der Waals surface area contributed by atoms with Crippen molar-refractivity contribution in [3.8, 4) is 0 Å². The van der Waals surface area contributed by atoms with Gasteiger partial charge in [-0.3, -0.25) is 10.1 Å². The number of hydrogen-bond acceptors (Lipinski definition) is 9. The maximum absolute atomic E-state index is 11.8. The molecule has 0 aromatic carbocycles. The Balaban J connectivity index is 1.37. The monoisotopic (exact) mass is 391 g/mol. The molecule has 1 aromatic heterocycles. The average Bonchev–Trinajstić information content (AvgIpc) is 3.08. The van der Waals surface area contributed by atoms with E-state index in [2.05, 4.69) is 26.1 Å². The van der Waals surface area contributed by atoms with Crippen LogP contribution in [0, 0.1) is 0 Å². The molecule has 132 valence electrons. The summed E-state index contributed by atoms with van der Waals surface area (Å²) in [4.78, 5) is 23.4. The van der Waals surface area contributed by atoms with E-state index >= 15 is 0 Å². The first kappa shape index (κ1) is 17.4. The van der Waals surface area contributed by atoms with Crippen LogP contribution in [0.4, 0.5) is 9.93 Å². The van der Waals surface area contributed by atoms with Crippen molar-refractivity contribution in [1.29, 1.82) is 0 Å². The fourth-order valence-corrected chi connectivity index (χ4v) is 5.45. The number of thioether (sulfide) groups is 1. The number of sulfone groups is 1. The van der Waals surface area contributed by atoms with Gasteiger partial charge in [0.1, 0.15) is 0 Å². The molecule has 3 N–H and O–H groups in total. The quantitative estimate of drug-likeness (QED) is 0.587. The van der Waals surface area contributed by atoms with Crippen LogP contribution >= 0.6 is 23.1 Å².